The van der Waals surface area contributed by atoms with E-state index in [-0.39, 0.29) is 25.1 Å². The van der Waals surface area contributed by atoms with Crippen molar-refractivity contribution in [3.05, 3.63) is 59.8 Å². The van der Waals surface area contributed by atoms with E-state index in [2.05, 4.69) is 4.98 Å². The second-order valence-electron chi connectivity index (χ2n) is 9.17. The Morgan fingerprint density at radius 3 is 2.38 bits per heavy atom. The molecule has 0 spiro atoms. The fraction of sp³-hybridized carbons (Fsp3) is 0.433. The Balaban J connectivity index is 1.75. The van der Waals surface area contributed by atoms with Crippen molar-refractivity contribution in [3.8, 4) is 17.2 Å². The maximum atomic E-state index is 12.6. The third-order valence-electron chi connectivity index (χ3n) is 5.95. The minimum absolute atomic E-state index is 0.0257. The Labute approximate surface area is 219 Å². The molecular weight excluding hydrogens is 470 g/mol. The van der Waals surface area contributed by atoms with E-state index < -0.39 is 11.9 Å². The molecule has 0 bridgehead atoms. The van der Waals surface area contributed by atoms with Crippen LogP contribution in [0.4, 0.5) is 0 Å². The summed E-state index contributed by atoms with van der Waals surface area (Å²) in [5.41, 5.74) is 2.51. The summed E-state index contributed by atoms with van der Waals surface area (Å²) in [5, 5.41) is 0.863. The molecule has 1 atom stereocenters. The number of unbranched alkanes of at least 4 members (excludes halogenated alkanes) is 1. The first-order chi connectivity index (χ1) is 17.9. The molecule has 0 radical (unpaired) electrons. The average molecular weight is 508 g/mol. The molecule has 0 fully saturated rings. The molecule has 198 valence electrons. The van der Waals surface area contributed by atoms with Gasteiger partial charge in [-0.3, -0.25) is 14.6 Å². The average Bonchev–Trinajstić information content (AvgIpc) is 2.90. The minimum Gasteiger partial charge on any atom is -0.497 e. The monoisotopic (exact) mass is 507 g/mol. The number of hydrogen-bond donors (Lipinski definition) is 0. The van der Waals surface area contributed by atoms with Gasteiger partial charge in [-0.15, -0.1) is 0 Å². The maximum Gasteiger partial charge on any atom is 0.316 e. The quantitative estimate of drug-likeness (QED) is 0.193. The summed E-state index contributed by atoms with van der Waals surface area (Å²) in [6.07, 6.45) is 4.10. The number of benzene rings is 2. The zero-order valence-electron chi connectivity index (χ0n) is 22.4. The molecule has 0 N–H and O–H groups in total. The van der Waals surface area contributed by atoms with Crippen molar-refractivity contribution in [2.75, 3.05) is 13.7 Å². The molecule has 0 saturated carbocycles. The van der Waals surface area contributed by atoms with Gasteiger partial charge in [0.15, 0.2) is 0 Å². The number of ether oxygens (including phenoxy) is 4. The number of aromatic nitrogens is 1. The Hall–Kier alpha value is -3.61. The molecule has 1 unspecified atom stereocenters. The zero-order valence-corrected chi connectivity index (χ0v) is 22.4. The van der Waals surface area contributed by atoms with Crippen LogP contribution in [0.25, 0.3) is 10.9 Å². The van der Waals surface area contributed by atoms with Crippen molar-refractivity contribution in [1.29, 1.82) is 0 Å². The summed E-state index contributed by atoms with van der Waals surface area (Å²) >= 11 is 0. The van der Waals surface area contributed by atoms with E-state index in [4.69, 9.17) is 18.9 Å². The van der Waals surface area contributed by atoms with Crippen molar-refractivity contribution >= 4 is 22.7 Å². The highest BCUT2D eigenvalue weighted by Crippen LogP contribution is 2.33. The fourth-order valence-corrected chi connectivity index (χ4v) is 4.01. The number of rotatable bonds is 14. The van der Waals surface area contributed by atoms with Crippen molar-refractivity contribution in [2.45, 2.75) is 66.1 Å². The standard InChI is InChI=1S/C30H37NO6/c1-6-8-9-28(32)26(30(33)35-7-2)16-21-10-12-23(13-11-21)36-19-22-18-31-27-15-14-24(34-5)17-25(27)29(22)37-20(3)4/h10-15,17-18,20,26H,6-9,16,19H2,1-5H3. The van der Waals surface area contributed by atoms with E-state index in [1.165, 1.54) is 0 Å². The van der Waals surface area contributed by atoms with Crippen molar-refractivity contribution < 1.29 is 28.5 Å². The zero-order chi connectivity index (χ0) is 26.8. The van der Waals surface area contributed by atoms with Gasteiger partial charge in [0.2, 0.25) is 0 Å². The molecule has 1 aromatic heterocycles. The van der Waals surface area contributed by atoms with E-state index in [0.717, 1.165) is 46.4 Å². The largest absolute Gasteiger partial charge is 0.497 e. The van der Waals surface area contributed by atoms with Gasteiger partial charge in [0.25, 0.3) is 0 Å². The van der Waals surface area contributed by atoms with Crippen molar-refractivity contribution in [2.24, 2.45) is 5.92 Å². The molecule has 7 heteroatoms. The van der Waals surface area contributed by atoms with Crippen LogP contribution in [0.5, 0.6) is 17.2 Å². The SMILES string of the molecule is CCCCC(=O)C(Cc1ccc(OCc2cnc3ccc(OC)cc3c2OC(C)C)cc1)C(=O)OCC. The molecule has 3 rings (SSSR count). The molecule has 0 amide bonds. The molecule has 0 saturated heterocycles. The Kier molecular flexibility index (Phi) is 10.3. The first-order valence-electron chi connectivity index (χ1n) is 12.9. The smallest absolute Gasteiger partial charge is 0.316 e. The predicted octanol–water partition coefficient (Wildman–Crippen LogP) is 6.09. The highest BCUT2D eigenvalue weighted by Gasteiger charge is 2.27. The van der Waals surface area contributed by atoms with Crippen LogP contribution in [0.15, 0.2) is 48.7 Å². The van der Waals surface area contributed by atoms with Gasteiger partial charge in [0.05, 0.1) is 30.9 Å². The number of pyridine rings is 1. The van der Waals surface area contributed by atoms with Gasteiger partial charge >= 0.3 is 5.97 Å². The van der Waals surface area contributed by atoms with E-state index in [0.29, 0.717) is 18.6 Å². The summed E-state index contributed by atoms with van der Waals surface area (Å²) in [6, 6.07) is 13.1. The number of Topliss-reactive ketones (excluding diaryl/α,β-unsaturated/α-hetero) is 1. The molecular formula is C30H37NO6. The molecule has 0 aliphatic carbocycles. The van der Waals surface area contributed by atoms with Gasteiger partial charge in [0, 0.05) is 18.0 Å². The van der Waals surface area contributed by atoms with Crippen LogP contribution in [-0.4, -0.2) is 36.6 Å². The first-order valence-corrected chi connectivity index (χ1v) is 12.9. The lowest BCUT2D eigenvalue weighted by Crippen LogP contribution is -2.28. The summed E-state index contributed by atoms with van der Waals surface area (Å²) in [6.45, 7) is 8.24. The first kappa shape index (κ1) is 28.0. The number of nitrogens with zero attached hydrogens (tertiary/aromatic N) is 1. The number of fused-ring (bicyclic) bond motifs is 1. The van der Waals surface area contributed by atoms with E-state index in [9.17, 15) is 9.59 Å². The highest BCUT2D eigenvalue weighted by atomic mass is 16.5. The predicted molar refractivity (Wildman–Crippen MR) is 143 cm³/mol. The van der Waals surface area contributed by atoms with Crippen LogP contribution in [0.2, 0.25) is 0 Å². The van der Waals surface area contributed by atoms with Gasteiger partial charge in [-0.2, -0.15) is 0 Å². The fourth-order valence-electron chi connectivity index (χ4n) is 4.01. The van der Waals surface area contributed by atoms with Crippen LogP contribution in [0, 0.1) is 5.92 Å². The summed E-state index contributed by atoms with van der Waals surface area (Å²) < 4.78 is 22.8. The van der Waals surface area contributed by atoms with Crippen molar-refractivity contribution in [3.63, 3.8) is 0 Å². The minimum atomic E-state index is -0.783. The number of carbonyl (C=O) groups excluding carboxylic acids is 2. The Morgan fingerprint density at radius 2 is 1.73 bits per heavy atom. The summed E-state index contributed by atoms with van der Waals surface area (Å²) in [5.74, 6) is 0.801. The Morgan fingerprint density at radius 1 is 1.00 bits per heavy atom. The number of ketones is 1. The van der Waals surface area contributed by atoms with Gasteiger partial charge in [-0.1, -0.05) is 25.5 Å². The second-order valence-corrected chi connectivity index (χ2v) is 9.17. The van der Waals surface area contributed by atoms with E-state index in [1.807, 2.05) is 63.2 Å². The van der Waals surface area contributed by atoms with Gasteiger partial charge in [-0.05, 0) is 69.5 Å². The molecule has 7 nitrogen and oxygen atoms in total. The van der Waals surface area contributed by atoms with Gasteiger partial charge < -0.3 is 18.9 Å². The lowest BCUT2D eigenvalue weighted by molar-refractivity contribution is -0.151. The van der Waals surface area contributed by atoms with E-state index >= 15 is 0 Å². The van der Waals surface area contributed by atoms with Crippen LogP contribution in [-0.2, 0) is 27.4 Å². The van der Waals surface area contributed by atoms with Crippen LogP contribution >= 0.6 is 0 Å². The van der Waals surface area contributed by atoms with E-state index in [1.54, 1.807) is 20.2 Å². The second kappa shape index (κ2) is 13.6. The Bertz CT molecular complexity index is 1190. The van der Waals surface area contributed by atoms with Crippen molar-refractivity contribution in [1.82, 2.24) is 4.98 Å². The molecule has 1 heterocycles. The molecule has 2 aromatic carbocycles. The lowest BCUT2D eigenvalue weighted by atomic mass is 9.92. The number of methoxy groups -OCH3 is 1. The number of carbonyl (C=O) groups is 2. The lowest BCUT2D eigenvalue weighted by Gasteiger charge is -2.18. The molecule has 37 heavy (non-hydrogen) atoms. The summed E-state index contributed by atoms with van der Waals surface area (Å²) in [4.78, 5) is 29.6. The number of esters is 1. The molecule has 0 aliphatic rings. The van der Waals surface area contributed by atoms with Gasteiger partial charge in [0.1, 0.15) is 35.6 Å². The van der Waals surface area contributed by atoms with Gasteiger partial charge in [-0.25, -0.2) is 0 Å². The maximum absolute atomic E-state index is 12.6. The summed E-state index contributed by atoms with van der Waals surface area (Å²) in [7, 11) is 1.63. The topological polar surface area (TPSA) is 84.0 Å². The molecule has 0 aliphatic heterocycles. The van der Waals surface area contributed by atoms with Crippen LogP contribution in [0.3, 0.4) is 0 Å². The normalized spacial score (nSPS) is 11.8. The third-order valence-corrected chi connectivity index (χ3v) is 5.95. The highest BCUT2D eigenvalue weighted by molar-refractivity contribution is 5.99. The van der Waals surface area contributed by atoms with Crippen LogP contribution in [0.1, 0.15) is 58.1 Å². The third kappa shape index (κ3) is 7.68. The number of hydrogen-bond acceptors (Lipinski definition) is 7. The van der Waals surface area contributed by atoms with Crippen LogP contribution < -0.4 is 14.2 Å². The molecule has 3 aromatic rings.